The molecule has 0 radical (unpaired) electrons. The Hall–Kier alpha value is -3.73. The summed E-state index contributed by atoms with van der Waals surface area (Å²) in [5, 5.41) is 15.5. The van der Waals surface area contributed by atoms with Crippen LogP contribution in [0, 0.1) is 5.92 Å². The third-order valence-electron chi connectivity index (χ3n) is 10.8. The number of imidazole rings is 1. The Balaban J connectivity index is 1.08. The molecule has 3 aromatic rings. The molecule has 2 N–H and O–H groups in total. The van der Waals surface area contributed by atoms with Gasteiger partial charge in [-0.25, -0.2) is 4.98 Å². The van der Waals surface area contributed by atoms with Crippen LogP contribution in [0.3, 0.4) is 0 Å². The number of fused-ring (bicyclic) bond motifs is 1. The Kier molecular flexibility index (Phi) is 9.84. The van der Waals surface area contributed by atoms with Crippen LogP contribution in [0.2, 0.25) is 0 Å². The number of rotatable bonds is 12. The Morgan fingerprint density at radius 2 is 1.94 bits per heavy atom. The molecule has 7 rings (SSSR count). The third kappa shape index (κ3) is 6.88. The fourth-order valence-electron chi connectivity index (χ4n) is 8.09. The largest absolute Gasteiger partial charge is 0.494 e. The van der Waals surface area contributed by atoms with Gasteiger partial charge in [0.25, 0.3) is 5.91 Å². The monoisotopic (exact) mass is 655 g/mol. The molecule has 3 atom stereocenters. The van der Waals surface area contributed by atoms with Crippen molar-refractivity contribution >= 4 is 17.5 Å². The zero-order chi connectivity index (χ0) is 33.1. The number of aromatic nitrogens is 2. The highest BCUT2D eigenvalue weighted by Gasteiger charge is 2.45. The lowest BCUT2D eigenvalue weighted by molar-refractivity contribution is -0.119. The van der Waals surface area contributed by atoms with Crippen LogP contribution in [0.4, 0.5) is 5.69 Å². The fraction of sp³-hybridized carbons (Fsp3) is 0.553. The minimum absolute atomic E-state index is 0.0544. The van der Waals surface area contributed by atoms with Crippen molar-refractivity contribution in [2.75, 3.05) is 51.4 Å². The zero-order valence-electron chi connectivity index (χ0n) is 28.1. The number of nitrogens with one attached hydrogen (secondary N) is 1. The second-order valence-electron chi connectivity index (χ2n) is 14.1. The van der Waals surface area contributed by atoms with Crippen LogP contribution in [0.25, 0.3) is 11.3 Å². The number of aliphatic hydroxyl groups is 1. The number of ether oxygens (including phenoxy) is 2. The average Bonchev–Trinajstić information content (AvgIpc) is 3.81. The van der Waals surface area contributed by atoms with Crippen LogP contribution in [-0.2, 0) is 16.0 Å². The molecule has 3 heterocycles. The van der Waals surface area contributed by atoms with Gasteiger partial charge in [0.2, 0.25) is 5.91 Å². The van der Waals surface area contributed by atoms with Crippen LogP contribution in [0.15, 0.2) is 54.9 Å². The average molecular weight is 656 g/mol. The summed E-state index contributed by atoms with van der Waals surface area (Å²) in [4.78, 5) is 35.5. The number of aryl methyl sites for hydroxylation is 1. The van der Waals surface area contributed by atoms with Gasteiger partial charge in [0.1, 0.15) is 5.75 Å². The van der Waals surface area contributed by atoms with Crippen molar-refractivity contribution in [3.63, 3.8) is 0 Å². The molecule has 2 aromatic carbocycles. The lowest BCUT2D eigenvalue weighted by atomic mass is 9.76. The number of carbonyl (C=O) groups is 2. The van der Waals surface area contributed by atoms with Crippen molar-refractivity contribution in [1.82, 2.24) is 19.8 Å². The van der Waals surface area contributed by atoms with Crippen molar-refractivity contribution in [3.05, 3.63) is 66.1 Å². The van der Waals surface area contributed by atoms with Gasteiger partial charge in [-0.3, -0.25) is 9.59 Å². The lowest BCUT2D eigenvalue weighted by Gasteiger charge is -2.42. The number of methoxy groups -OCH3 is 1. The molecule has 1 aromatic heterocycles. The maximum absolute atomic E-state index is 14.5. The second-order valence-corrected chi connectivity index (χ2v) is 14.1. The number of benzene rings is 2. The first-order valence-corrected chi connectivity index (χ1v) is 17.9. The fourth-order valence-corrected chi connectivity index (χ4v) is 8.09. The Morgan fingerprint density at radius 1 is 1.08 bits per heavy atom. The number of amides is 2. The number of anilines is 1. The molecule has 1 saturated heterocycles. The van der Waals surface area contributed by atoms with Gasteiger partial charge in [-0.2, -0.15) is 0 Å². The van der Waals surface area contributed by atoms with E-state index in [4.69, 9.17) is 14.5 Å². The van der Waals surface area contributed by atoms with Crippen LogP contribution in [-0.4, -0.2) is 89.5 Å². The number of nitrogens with zero attached hydrogens (tertiary/aromatic N) is 4. The van der Waals surface area contributed by atoms with E-state index in [9.17, 15) is 14.7 Å². The quantitative estimate of drug-likeness (QED) is 0.283. The molecule has 0 bridgehead atoms. The predicted octanol–water partition coefficient (Wildman–Crippen LogP) is 5.01. The molecule has 2 amide bonds. The van der Waals surface area contributed by atoms with Gasteiger partial charge in [-0.1, -0.05) is 56.0 Å². The van der Waals surface area contributed by atoms with Crippen molar-refractivity contribution < 1.29 is 24.2 Å². The van der Waals surface area contributed by atoms with E-state index in [1.807, 2.05) is 59.8 Å². The summed E-state index contributed by atoms with van der Waals surface area (Å²) < 4.78 is 13.6. The highest BCUT2D eigenvalue weighted by atomic mass is 16.5. The normalized spacial score (nSPS) is 24.4. The van der Waals surface area contributed by atoms with Gasteiger partial charge in [-0.15, -0.1) is 0 Å². The molecule has 10 heteroatoms. The number of hydrogen-bond acceptors (Lipinski definition) is 7. The molecule has 2 aliphatic heterocycles. The maximum atomic E-state index is 14.5. The second kappa shape index (κ2) is 14.4. The van der Waals surface area contributed by atoms with Gasteiger partial charge >= 0.3 is 0 Å². The van der Waals surface area contributed by atoms with E-state index in [2.05, 4.69) is 9.88 Å². The Bertz CT molecular complexity index is 1590. The van der Waals surface area contributed by atoms with Crippen molar-refractivity contribution in [3.8, 4) is 17.0 Å². The van der Waals surface area contributed by atoms with Crippen LogP contribution >= 0.6 is 0 Å². The van der Waals surface area contributed by atoms with Crippen molar-refractivity contribution in [1.29, 1.82) is 0 Å². The summed E-state index contributed by atoms with van der Waals surface area (Å²) in [6.45, 7) is 3.47. The first-order valence-electron chi connectivity index (χ1n) is 17.9. The third-order valence-corrected chi connectivity index (χ3v) is 10.8. The van der Waals surface area contributed by atoms with Crippen molar-refractivity contribution in [2.45, 2.75) is 81.9 Å². The summed E-state index contributed by atoms with van der Waals surface area (Å²) in [5.41, 5.74) is 3.45. The standard InChI is InChI=1S/C38H49N5O5/c1-47-22-20-42-32-14-13-31(23-29(32)12-15-34(42)44)48-21-16-30-25-39-18-19-41(30)37(45)35-36(28-7-3-2-4-8-28)43(26-40-35)33-9-5-6-17-38(33,46)24-27-10-11-27/h2-4,7-8,13-14,23,26-27,30,33,39,46H,5-6,9-12,15-22,24-25H2,1H3/t30-,33-,38-/m1/s1. The lowest BCUT2D eigenvalue weighted by Crippen LogP contribution is -2.54. The molecule has 3 fully saturated rings. The van der Waals surface area contributed by atoms with E-state index in [0.717, 1.165) is 66.9 Å². The number of carbonyl (C=O) groups excluding carboxylic acids is 2. The zero-order valence-corrected chi connectivity index (χ0v) is 28.1. The van der Waals surface area contributed by atoms with E-state index < -0.39 is 5.60 Å². The molecule has 0 unspecified atom stereocenters. The summed E-state index contributed by atoms with van der Waals surface area (Å²) in [7, 11) is 1.64. The Labute approximate surface area is 283 Å². The Morgan fingerprint density at radius 3 is 2.75 bits per heavy atom. The van der Waals surface area contributed by atoms with E-state index in [0.29, 0.717) is 63.7 Å². The van der Waals surface area contributed by atoms with E-state index in [1.54, 1.807) is 12.0 Å². The smallest absolute Gasteiger partial charge is 0.275 e. The van der Waals surface area contributed by atoms with Gasteiger partial charge in [0.05, 0.1) is 36.9 Å². The van der Waals surface area contributed by atoms with Gasteiger partial charge in [-0.05, 0) is 55.4 Å². The molecule has 2 aliphatic carbocycles. The molecule has 4 aliphatic rings. The minimum Gasteiger partial charge on any atom is -0.494 e. The molecular weight excluding hydrogens is 606 g/mol. The van der Waals surface area contributed by atoms with Crippen LogP contribution < -0.4 is 15.0 Å². The molecule has 10 nitrogen and oxygen atoms in total. The van der Waals surface area contributed by atoms with E-state index in [1.165, 1.54) is 12.8 Å². The van der Waals surface area contributed by atoms with E-state index in [-0.39, 0.29) is 23.9 Å². The molecule has 48 heavy (non-hydrogen) atoms. The highest BCUT2D eigenvalue weighted by molar-refractivity contribution is 5.99. The SMILES string of the molecule is COCCN1C(=O)CCc2cc(OCC[C@@H]3CNCCN3C(=O)c3ncn([C@@H]4CCCC[C@@]4(O)CC4CC4)c3-c3ccccc3)ccc21. The summed E-state index contributed by atoms with van der Waals surface area (Å²) in [6.07, 6.45) is 10.6. The van der Waals surface area contributed by atoms with Crippen LogP contribution in [0.1, 0.15) is 79.9 Å². The summed E-state index contributed by atoms with van der Waals surface area (Å²) >= 11 is 0. The number of hydrogen-bond donors (Lipinski definition) is 2. The first kappa shape index (κ1) is 32.8. The van der Waals surface area contributed by atoms with Crippen LogP contribution in [0.5, 0.6) is 5.75 Å². The van der Waals surface area contributed by atoms with Crippen molar-refractivity contribution in [2.24, 2.45) is 5.92 Å². The summed E-state index contributed by atoms with van der Waals surface area (Å²) in [5.74, 6) is 1.42. The predicted molar refractivity (Wildman–Crippen MR) is 184 cm³/mol. The summed E-state index contributed by atoms with van der Waals surface area (Å²) in [6, 6.07) is 15.8. The minimum atomic E-state index is -0.784. The molecule has 2 saturated carbocycles. The highest BCUT2D eigenvalue weighted by Crippen LogP contribution is 2.48. The topological polar surface area (TPSA) is 109 Å². The molecule has 256 valence electrons. The number of piperazine rings is 1. The van der Waals surface area contributed by atoms with Gasteiger partial charge in [0, 0.05) is 63.4 Å². The van der Waals surface area contributed by atoms with Gasteiger partial charge < -0.3 is 34.3 Å². The maximum Gasteiger partial charge on any atom is 0.275 e. The van der Waals surface area contributed by atoms with E-state index >= 15 is 0 Å². The molecule has 0 spiro atoms. The molecular formula is C38H49N5O5. The van der Waals surface area contributed by atoms with Gasteiger partial charge in [0.15, 0.2) is 5.69 Å². The first-order chi connectivity index (χ1) is 23.4.